The van der Waals surface area contributed by atoms with Gasteiger partial charge in [-0.1, -0.05) is 19.9 Å². The molecular formula is C23H30N4O2S. The summed E-state index contributed by atoms with van der Waals surface area (Å²) in [5.74, 6) is 3.93. The van der Waals surface area contributed by atoms with Crippen LogP contribution >= 0.6 is 11.8 Å². The van der Waals surface area contributed by atoms with E-state index in [0.29, 0.717) is 34.3 Å². The molecule has 30 heavy (non-hydrogen) atoms. The molecule has 1 N–H and O–H groups in total. The Labute approximate surface area is 181 Å². The number of aromatic nitrogens is 2. The van der Waals surface area contributed by atoms with Crippen LogP contribution in [0.25, 0.3) is 5.65 Å². The molecule has 3 aliphatic carbocycles. The average molecular weight is 427 g/mol. The molecule has 6 nitrogen and oxygen atoms in total. The fraction of sp³-hybridized carbons (Fsp3) is 0.609. The summed E-state index contributed by atoms with van der Waals surface area (Å²) in [6.07, 6.45) is 5.52. The molecule has 0 unspecified atom stereocenters. The number of thioether (sulfide) groups is 1. The molecule has 4 aliphatic rings. The fourth-order valence-electron chi connectivity index (χ4n) is 5.75. The van der Waals surface area contributed by atoms with E-state index >= 15 is 0 Å². The van der Waals surface area contributed by atoms with Crippen molar-refractivity contribution in [2.75, 3.05) is 31.1 Å². The second kappa shape index (κ2) is 7.59. The zero-order valence-electron chi connectivity index (χ0n) is 17.8. The quantitative estimate of drug-likeness (QED) is 0.814. The van der Waals surface area contributed by atoms with Crippen LogP contribution in [0.1, 0.15) is 54.1 Å². The predicted octanol–water partition coefficient (Wildman–Crippen LogP) is 3.33. The summed E-state index contributed by atoms with van der Waals surface area (Å²) in [5.41, 5.74) is 2.00. The van der Waals surface area contributed by atoms with Gasteiger partial charge < -0.3 is 10.2 Å². The van der Waals surface area contributed by atoms with E-state index in [4.69, 9.17) is 0 Å². The Balaban J connectivity index is 1.31. The van der Waals surface area contributed by atoms with E-state index in [1.54, 1.807) is 16.7 Å². The lowest BCUT2D eigenvalue weighted by Gasteiger charge is -2.60. The number of rotatable bonds is 4. The van der Waals surface area contributed by atoms with E-state index in [2.05, 4.69) is 24.1 Å². The molecule has 1 aliphatic heterocycles. The van der Waals surface area contributed by atoms with E-state index in [1.165, 1.54) is 19.3 Å². The van der Waals surface area contributed by atoms with E-state index in [9.17, 15) is 9.59 Å². The van der Waals surface area contributed by atoms with Crippen molar-refractivity contribution in [3.05, 3.63) is 35.8 Å². The Morgan fingerprint density at radius 3 is 2.77 bits per heavy atom. The molecule has 0 spiro atoms. The van der Waals surface area contributed by atoms with Gasteiger partial charge in [0.05, 0.1) is 0 Å². The van der Waals surface area contributed by atoms with Gasteiger partial charge in [-0.25, -0.2) is 4.98 Å². The second-order valence-corrected chi connectivity index (χ2v) is 10.8. The highest BCUT2D eigenvalue weighted by molar-refractivity contribution is 7.99. The summed E-state index contributed by atoms with van der Waals surface area (Å²) in [6, 6.07) is 5.49. The van der Waals surface area contributed by atoms with Gasteiger partial charge in [0.15, 0.2) is 0 Å². The smallest absolute Gasteiger partial charge is 0.274 e. The van der Waals surface area contributed by atoms with Crippen molar-refractivity contribution in [1.82, 2.24) is 19.6 Å². The van der Waals surface area contributed by atoms with Gasteiger partial charge in [-0.3, -0.25) is 14.0 Å². The van der Waals surface area contributed by atoms with Crippen LogP contribution in [0.2, 0.25) is 0 Å². The molecule has 3 heterocycles. The van der Waals surface area contributed by atoms with Gasteiger partial charge >= 0.3 is 0 Å². The molecule has 2 amide bonds. The molecule has 3 atom stereocenters. The SMILES string of the molecule is CC1(C)[C@H]2CC[C@@H](CNC(=O)c3cccc4nc(C(=O)N5CCSCC5)cn34)[C@H]1C2. The van der Waals surface area contributed by atoms with Crippen molar-refractivity contribution in [2.24, 2.45) is 23.2 Å². The van der Waals surface area contributed by atoms with Crippen molar-refractivity contribution in [3.8, 4) is 0 Å². The third kappa shape index (κ3) is 3.31. The van der Waals surface area contributed by atoms with Gasteiger partial charge in [0.25, 0.3) is 11.8 Å². The molecule has 2 bridgehead atoms. The first kappa shape index (κ1) is 19.9. The average Bonchev–Trinajstić information content (AvgIpc) is 3.22. The first-order valence-electron chi connectivity index (χ1n) is 11.1. The molecule has 2 aromatic heterocycles. The first-order chi connectivity index (χ1) is 14.4. The molecule has 1 saturated heterocycles. The van der Waals surface area contributed by atoms with Crippen LogP contribution in [0.4, 0.5) is 0 Å². The van der Waals surface area contributed by atoms with E-state index in [0.717, 1.165) is 37.1 Å². The van der Waals surface area contributed by atoms with Gasteiger partial charge in [0, 0.05) is 37.3 Å². The Kier molecular flexibility index (Phi) is 5.04. The highest BCUT2D eigenvalue weighted by atomic mass is 32.2. The number of imidazole rings is 1. The monoisotopic (exact) mass is 426 g/mol. The Morgan fingerprint density at radius 1 is 1.23 bits per heavy atom. The number of pyridine rings is 1. The molecular weight excluding hydrogens is 396 g/mol. The number of hydrogen-bond acceptors (Lipinski definition) is 4. The highest BCUT2D eigenvalue weighted by Gasteiger charge is 2.53. The number of nitrogens with one attached hydrogen (secondary N) is 1. The van der Waals surface area contributed by atoms with E-state index < -0.39 is 0 Å². The minimum Gasteiger partial charge on any atom is -0.350 e. The van der Waals surface area contributed by atoms with Gasteiger partial charge in [0.1, 0.15) is 17.0 Å². The summed E-state index contributed by atoms with van der Waals surface area (Å²) < 4.78 is 1.76. The standard InChI is InChI=1S/C23H30N4O2S/c1-23(2)16-7-6-15(17(23)12-16)13-24-21(28)19-4-3-5-20-25-18(14-27(19)20)22(29)26-8-10-30-11-9-26/h3-5,14-17H,6-13H2,1-2H3,(H,24,28)/t15-,16-,17+/m0/s1. The Bertz CT molecular complexity index is 977. The summed E-state index contributed by atoms with van der Waals surface area (Å²) >= 11 is 1.87. The highest BCUT2D eigenvalue weighted by Crippen LogP contribution is 2.61. The molecule has 3 saturated carbocycles. The van der Waals surface area contributed by atoms with Gasteiger partial charge in [-0.05, 0) is 54.6 Å². The normalized spacial score (nSPS) is 27.5. The third-order valence-electron chi connectivity index (χ3n) is 7.77. The van der Waals surface area contributed by atoms with Crippen LogP contribution in [0.5, 0.6) is 0 Å². The lowest BCUT2D eigenvalue weighted by atomic mass is 9.45. The van der Waals surface area contributed by atoms with Crippen LogP contribution in [-0.2, 0) is 0 Å². The maximum absolute atomic E-state index is 13.0. The van der Waals surface area contributed by atoms with Crippen molar-refractivity contribution in [2.45, 2.75) is 33.1 Å². The van der Waals surface area contributed by atoms with E-state index in [-0.39, 0.29) is 11.8 Å². The first-order valence-corrected chi connectivity index (χ1v) is 12.2. The molecule has 7 heteroatoms. The number of carbonyl (C=O) groups excluding carboxylic acids is 2. The number of amides is 2. The maximum Gasteiger partial charge on any atom is 0.274 e. The van der Waals surface area contributed by atoms with Gasteiger partial charge in [-0.2, -0.15) is 11.8 Å². The summed E-state index contributed by atoms with van der Waals surface area (Å²) in [5, 5.41) is 3.17. The van der Waals surface area contributed by atoms with Crippen molar-refractivity contribution in [3.63, 3.8) is 0 Å². The summed E-state index contributed by atoms with van der Waals surface area (Å²) in [6.45, 7) is 6.99. The van der Waals surface area contributed by atoms with Crippen LogP contribution in [-0.4, -0.2) is 57.2 Å². The van der Waals surface area contributed by atoms with Crippen LogP contribution < -0.4 is 5.32 Å². The van der Waals surface area contributed by atoms with E-state index in [1.807, 2.05) is 28.8 Å². The Hall–Kier alpha value is -2.02. The number of carbonyl (C=O) groups is 2. The summed E-state index contributed by atoms with van der Waals surface area (Å²) in [4.78, 5) is 32.2. The van der Waals surface area contributed by atoms with Crippen LogP contribution in [0.15, 0.2) is 24.4 Å². The number of fused-ring (bicyclic) bond motifs is 3. The van der Waals surface area contributed by atoms with Crippen molar-refractivity contribution < 1.29 is 9.59 Å². The number of nitrogens with zero attached hydrogens (tertiary/aromatic N) is 3. The molecule has 160 valence electrons. The van der Waals surface area contributed by atoms with Crippen molar-refractivity contribution in [1.29, 1.82) is 0 Å². The van der Waals surface area contributed by atoms with Crippen molar-refractivity contribution >= 4 is 29.2 Å². The Morgan fingerprint density at radius 2 is 2.03 bits per heavy atom. The molecule has 0 aromatic carbocycles. The minimum atomic E-state index is -0.0920. The molecule has 4 fully saturated rings. The largest absolute Gasteiger partial charge is 0.350 e. The minimum absolute atomic E-state index is 0.0469. The lowest BCUT2D eigenvalue weighted by Crippen LogP contribution is -2.54. The van der Waals surface area contributed by atoms with Crippen LogP contribution in [0.3, 0.4) is 0 Å². The second-order valence-electron chi connectivity index (χ2n) is 9.58. The number of hydrogen-bond donors (Lipinski definition) is 1. The molecule has 0 radical (unpaired) electrons. The zero-order chi connectivity index (χ0) is 20.9. The fourth-order valence-corrected chi connectivity index (χ4v) is 6.65. The maximum atomic E-state index is 13.0. The lowest BCUT2D eigenvalue weighted by molar-refractivity contribution is -0.103. The molecule has 2 aromatic rings. The van der Waals surface area contributed by atoms with Crippen LogP contribution in [0, 0.1) is 23.2 Å². The van der Waals surface area contributed by atoms with Gasteiger partial charge in [0.2, 0.25) is 0 Å². The predicted molar refractivity (Wildman–Crippen MR) is 119 cm³/mol. The zero-order valence-corrected chi connectivity index (χ0v) is 18.6. The topological polar surface area (TPSA) is 66.7 Å². The van der Waals surface area contributed by atoms with Gasteiger partial charge in [-0.15, -0.1) is 0 Å². The summed E-state index contributed by atoms with van der Waals surface area (Å²) in [7, 11) is 0. The molecule has 6 rings (SSSR count). The third-order valence-corrected chi connectivity index (χ3v) is 8.71.